The highest BCUT2D eigenvalue weighted by molar-refractivity contribution is 5.94. The average molecular weight is 373 g/mol. The van der Waals surface area contributed by atoms with Gasteiger partial charge in [0.1, 0.15) is 11.7 Å². The van der Waals surface area contributed by atoms with Crippen molar-refractivity contribution in [3.8, 4) is 0 Å². The van der Waals surface area contributed by atoms with E-state index in [1.165, 1.54) is 0 Å². The molecule has 1 atom stereocenters. The number of fused-ring (bicyclic) bond motifs is 1. The number of hydrogen-bond acceptors (Lipinski definition) is 6. The summed E-state index contributed by atoms with van der Waals surface area (Å²) in [6.45, 7) is 1.26. The van der Waals surface area contributed by atoms with Crippen LogP contribution in [0.15, 0.2) is 4.52 Å². The van der Waals surface area contributed by atoms with E-state index in [1.807, 2.05) is 11.9 Å². The van der Waals surface area contributed by atoms with E-state index in [4.69, 9.17) is 9.26 Å². The van der Waals surface area contributed by atoms with Gasteiger partial charge in [-0.1, -0.05) is 5.16 Å². The summed E-state index contributed by atoms with van der Waals surface area (Å²) in [6.07, 6.45) is 7.66. The first kappa shape index (κ1) is 18.2. The number of carbonyl (C=O) groups is 1. The number of nitrogens with zero attached hydrogens (tertiary/aromatic N) is 5. The van der Waals surface area contributed by atoms with Gasteiger partial charge in [-0.3, -0.25) is 9.48 Å². The molecule has 1 saturated heterocycles. The van der Waals surface area contributed by atoms with E-state index < -0.39 is 0 Å². The third-order valence-corrected chi connectivity index (χ3v) is 5.58. The maximum atomic E-state index is 13.5. The molecule has 0 N–H and O–H groups in total. The molecule has 0 saturated carbocycles. The number of likely N-dealkylation sites (tertiary alicyclic amines) is 1. The van der Waals surface area contributed by atoms with Gasteiger partial charge in [0.25, 0.3) is 5.91 Å². The van der Waals surface area contributed by atoms with Crippen LogP contribution >= 0.6 is 0 Å². The Bertz CT molecular complexity index is 812. The lowest BCUT2D eigenvalue weighted by atomic mass is 9.94. The SMILES string of the molecule is COCCc1noc([C@H]2CCCCN2C(=O)c2c3c(nn2C)CCCC3)n1. The van der Waals surface area contributed by atoms with Crippen molar-refractivity contribution in [2.75, 3.05) is 20.3 Å². The molecule has 3 heterocycles. The average Bonchev–Trinajstić information content (AvgIpc) is 3.29. The quantitative estimate of drug-likeness (QED) is 0.799. The van der Waals surface area contributed by atoms with Gasteiger partial charge in [-0.05, 0) is 44.9 Å². The van der Waals surface area contributed by atoms with E-state index >= 15 is 0 Å². The fourth-order valence-corrected chi connectivity index (χ4v) is 4.21. The van der Waals surface area contributed by atoms with Crippen molar-refractivity contribution in [2.24, 2.45) is 7.05 Å². The van der Waals surface area contributed by atoms with E-state index in [-0.39, 0.29) is 11.9 Å². The first-order chi connectivity index (χ1) is 13.2. The fourth-order valence-electron chi connectivity index (χ4n) is 4.21. The fraction of sp³-hybridized carbons (Fsp3) is 0.684. The number of aromatic nitrogens is 4. The smallest absolute Gasteiger partial charge is 0.273 e. The Morgan fingerprint density at radius 1 is 1.26 bits per heavy atom. The van der Waals surface area contributed by atoms with E-state index in [0.717, 1.165) is 61.9 Å². The summed E-state index contributed by atoms with van der Waals surface area (Å²) >= 11 is 0. The van der Waals surface area contributed by atoms with Gasteiger partial charge in [-0.25, -0.2) is 0 Å². The van der Waals surface area contributed by atoms with Crippen LogP contribution in [0.5, 0.6) is 0 Å². The van der Waals surface area contributed by atoms with E-state index in [0.29, 0.717) is 31.3 Å². The van der Waals surface area contributed by atoms with Gasteiger partial charge in [0.2, 0.25) is 5.89 Å². The molecule has 27 heavy (non-hydrogen) atoms. The standard InChI is InChI=1S/C19H27N5O3/c1-23-17(13-7-3-4-8-14(13)21-23)19(25)24-11-6-5-9-15(24)18-20-16(22-27-18)10-12-26-2/h15H,3-12H2,1-2H3/t15-/m1/s1. The van der Waals surface area contributed by atoms with Gasteiger partial charge in [-0.15, -0.1) is 0 Å². The van der Waals surface area contributed by atoms with Crippen LogP contribution in [-0.4, -0.2) is 51.0 Å². The molecule has 8 heteroatoms. The van der Waals surface area contributed by atoms with Crippen molar-refractivity contribution in [1.82, 2.24) is 24.8 Å². The van der Waals surface area contributed by atoms with Crippen LogP contribution in [0.2, 0.25) is 0 Å². The lowest BCUT2D eigenvalue weighted by molar-refractivity contribution is 0.0549. The highest BCUT2D eigenvalue weighted by Gasteiger charge is 2.35. The summed E-state index contributed by atoms with van der Waals surface area (Å²) < 4.78 is 12.4. The lowest BCUT2D eigenvalue weighted by Crippen LogP contribution is -2.40. The highest BCUT2D eigenvalue weighted by atomic mass is 16.5. The van der Waals surface area contributed by atoms with E-state index in [9.17, 15) is 4.79 Å². The molecule has 1 aliphatic heterocycles. The summed E-state index contributed by atoms with van der Waals surface area (Å²) in [5, 5.41) is 8.66. The zero-order valence-corrected chi connectivity index (χ0v) is 16.1. The van der Waals surface area contributed by atoms with Crippen LogP contribution in [0.3, 0.4) is 0 Å². The first-order valence-corrected chi connectivity index (χ1v) is 9.86. The Morgan fingerprint density at radius 3 is 2.96 bits per heavy atom. The molecule has 2 aliphatic rings. The molecule has 2 aromatic heterocycles. The topological polar surface area (TPSA) is 86.3 Å². The Labute approximate surface area is 158 Å². The van der Waals surface area contributed by atoms with Crippen LogP contribution in [-0.2, 0) is 31.0 Å². The van der Waals surface area contributed by atoms with Gasteiger partial charge < -0.3 is 14.2 Å². The molecule has 0 radical (unpaired) electrons. The number of rotatable bonds is 5. The first-order valence-electron chi connectivity index (χ1n) is 9.86. The number of ether oxygens (including phenoxy) is 1. The van der Waals surface area contributed by atoms with Gasteiger partial charge in [0, 0.05) is 32.7 Å². The zero-order valence-electron chi connectivity index (χ0n) is 16.1. The monoisotopic (exact) mass is 373 g/mol. The molecule has 0 bridgehead atoms. The molecular weight excluding hydrogens is 346 g/mol. The molecule has 1 amide bonds. The second kappa shape index (κ2) is 7.80. The molecule has 0 unspecified atom stereocenters. The van der Waals surface area contributed by atoms with Crippen LogP contribution in [0.25, 0.3) is 0 Å². The van der Waals surface area contributed by atoms with Crippen molar-refractivity contribution in [2.45, 2.75) is 57.4 Å². The highest BCUT2D eigenvalue weighted by Crippen LogP contribution is 2.33. The van der Waals surface area contributed by atoms with Crippen molar-refractivity contribution in [1.29, 1.82) is 0 Å². The predicted molar refractivity (Wildman–Crippen MR) is 97.4 cm³/mol. The van der Waals surface area contributed by atoms with Crippen molar-refractivity contribution >= 4 is 5.91 Å². The van der Waals surface area contributed by atoms with Crippen LogP contribution in [0.4, 0.5) is 0 Å². The molecular formula is C19H27N5O3. The summed E-state index contributed by atoms with van der Waals surface area (Å²) in [7, 11) is 3.52. The number of methoxy groups -OCH3 is 1. The van der Waals surface area contributed by atoms with E-state index in [2.05, 4.69) is 15.2 Å². The Balaban J connectivity index is 1.60. The molecule has 1 aliphatic carbocycles. The predicted octanol–water partition coefficient (Wildman–Crippen LogP) is 2.24. The maximum Gasteiger partial charge on any atom is 0.273 e. The van der Waals surface area contributed by atoms with Gasteiger partial charge in [0.05, 0.1) is 12.3 Å². The summed E-state index contributed by atoms with van der Waals surface area (Å²) in [6, 6.07) is -0.163. The number of piperidine rings is 1. The van der Waals surface area contributed by atoms with Crippen LogP contribution in [0.1, 0.15) is 71.6 Å². The van der Waals surface area contributed by atoms with Gasteiger partial charge >= 0.3 is 0 Å². The summed E-state index contributed by atoms with van der Waals surface area (Å²) in [5.41, 5.74) is 2.94. The second-order valence-corrected chi connectivity index (χ2v) is 7.41. The summed E-state index contributed by atoms with van der Waals surface area (Å²) in [4.78, 5) is 19.9. The molecule has 1 fully saturated rings. The zero-order chi connectivity index (χ0) is 18.8. The maximum absolute atomic E-state index is 13.5. The minimum Gasteiger partial charge on any atom is -0.384 e. The van der Waals surface area contributed by atoms with E-state index in [1.54, 1.807) is 11.8 Å². The van der Waals surface area contributed by atoms with Crippen molar-refractivity contribution < 1.29 is 14.1 Å². The molecule has 4 rings (SSSR count). The van der Waals surface area contributed by atoms with Crippen LogP contribution < -0.4 is 0 Å². The number of carbonyl (C=O) groups excluding carboxylic acids is 1. The minimum absolute atomic E-state index is 0.0366. The molecule has 0 aromatic carbocycles. The van der Waals surface area contributed by atoms with Gasteiger partial charge in [-0.2, -0.15) is 10.1 Å². The third kappa shape index (κ3) is 3.50. The molecule has 8 nitrogen and oxygen atoms in total. The molecule has 2 aromatic rings. The van der Waals surface area contributed by atoms with Crippen molar-refractivity contribution in [3.63, 3.8) is 0 Å². The van der Waals surface area contributed by atoms with Gasteiger partial charge in [0.15, 0.2) is 5.82 Å². The normalized spacial score (nSPS) is 19.9. The largest absolute Gasteiger partial charge is 0.384 e. The molecule has 0 spiro atoms. The molecule has 146 valence electrons. The lowest BCUT2D eigenvalue weighted by Gasteiger charge is -2.33. The number of hydrogen-bond donors (Lipinski definition) is 0. The summed E-state index contributed by atoms with van der Waals surface area (Å²) in [5.74, 6) is 1.20. The third-order valence-electron chi connectivity index (χ3n) is 5.58. The van der Waals surface area contributed by atoms with Crippen LogP contribution in [0, 0.1) is 0 Å². The second-order valence-electron chi connectivity index (χ2n) is 7.41. The Hall–Kier alpha value is -2.22. The number of amides is 1. The van der Waals surface area contributed by atoms with Crippen molar-refractivity contribution in [3.05, 3.63) is 28.7 Å². The minimum atomic E-state index is -0.163. The Kier molecular flexibility index (Phi) is 5.24. The Morgan fingerprint density at radius 2 is 2.11 bits per heavy atom. The number of aryl methyl sites for hydroxylation is 2.